The molecule has 0 radical (unpaired) electrons. The highest BCUT2D eigenvalue weighted by Gasteiger charge is 2.25. The van der Waals surface area contributed by atoms with E-state index in [1.165, 1.54) is 18.2 Å². The Morgan fingerprint density at radius 1 is 0.894 bits per heavy atom. The second-order valence-corrected chi connectivity index (χ2v) is 15.2. The Kier molecular flexibility index (Phi) is 10.3. The van der Waals surface area contributed by atoms with E-state index in [0.717, 1.165) is 41.9 Å². The van der Waals surface area contributed by atoms with E-state index in [0.29, 0.717) is 10.5 Å². The van der Waals surface area contributed by atoms with Crippen molar-refractivity contribution in [3.63, 3.8) is 0 Å². The maximum absolute atomic E-state index is 12.6. The van der Waals surface area contributed by atoms with Crippen LogP contribution in [0, 0.1) is 6.92 Å². The highest BCUT2D eigenvalue weighted by atomic mass is 32.2. The van der Waals surface area contributed by atoms with Gasteiger partial charge < -0.3 is 20.4 Å². The summed E-state index contributed by atoms with van der Waals surface area (Å²) in [7, 11) is -14.6. The Hall–Kier alpha value is -4.14. The molecule has 0 saturated heterocycles. The van der Waals surface area contributed by atoms with Gasteiger partial charge in [0.1, 0.15) is 16.4 Å². The molecule has 0 saturated carbocycles. The lowest BCUT2D eigenvalue weighted by Crippen LogP contribution is -2.23. The lowest BCUT2D eigenvalue weighted by molar-refractivity contribution is 0.464. The molecule has 250 valence electrons. The van der Waals surface area contributed by atoms with Gasteiger partial charge in [0.25, 0.3) is 30.4 Å². The summed E-state index contributed by atoms with van der Waals surface area (Å²) in [6.07, 6.45) is 1.50. The van der Waals surface area contributed by atoms with E-state index in [2.05, 4.69) is 17.4 Å². The maximum atomic E-state index is 12.6. The van der Waals surface area contributed by atoms with E-state index >= 15 is 0 Å². The van der Waals surface area contributed by atoms with E-state index < -0.39 is 50.8 Å². The average molecular weight is 724 g/mol. The molecule has 0 aliphatic rings. The highest BCUT2D eigenvalue weighted by Crippen LogP contribution is 2.39. The van der Waals surface area contributed by atoms with Crippen LogP contribution in [-0.4, -0.2) is 50.6 Å². The Labute approximate surface area is 275 Å². The van der Waals surface area contributed by atoms with Crippen LogP contribution in [0.15, 0.2) is 92.9 Å². The smallest absolute Gasteiger partial charge is 0.297 e. The van der Waals surface area contributed by atoms with Crippen LogP contribution < -0.4 is 20.8 Å². The molecule has 0 fully saturated rings. The van der Waals surface area contributed by atoms with Gasteiger partial charge in [0, 0.05) is 45.6 Å². The number of hydrogen-bond acceptors (Lipinski definition) is 12. The number of phenolic OH excluding ortho intramolecular Hbond substituents is 1. The van der Waals surface area contributed by atoms with Crippen molar-refractivity contribution in [2.24, 2.45) is 5.73 Å². The molecule has 8 N–H and O–H groups in total. The van der Waals surface area contributed by atoms with E-state index in [1.807, 2.05) is 19.1 Å². The van der Waals surface area contributed by atoms with Crippen LogP contribution in [0.4, 0.5) is 5.69 Å². The molecule has 0 aromatic heterocycles. The minimum absolute atomic E-state index is 0.0236. The van der Waals surface area contributed by atoms with Gasteiger partial charge in [-0.1, -0.05) is 30.4 Å². The fourth-order valence-electron chi connectivity index (χ4n) is 4.49. The molecule has 0 bridgehead atoms. The summed E-state index contributed by atoms with van der Waals surface area (Å²) in [6.45, 7) is 6.94. The van der Waals surface area contributed by atoms with Crippen molar-refractivity contribution >= 4 is 70.1 Å². The van der Waals surface area contributed by atoms with Gasteiger partial charge in [0.2, 0.25) is 0 Å². The molecule has 0 amide bonds. The van der Waals surface area contributed by atoms with Crippen molar-refractivity contribution in [2.75, 3.05) is 12.0 Å². The molecule has 0 spiro atoms. The third kappa shape index (κ3) is 8.42. The molecule has 0 unspecified atom stereocenters. The number of anilines is 1. The number of hydrogen-bond donors (Lipinski definition) is 7. The van der Waals surface area contributed by atoms with Gasteiger partial charge in [-0.2, -0.15) is 25.3 Å². The number of allylic oxidation sites excluding steroid dienone is 1. The number of hydrazine groups is 1. The fraction of sp³-hybridized carbons (Fsp3) is 0.103. The lowest BCUT2D eigenvalue weighted by atomic mass is 9.98. The van der Waals surface area contributed by atoms with E-state index in [-0.39, 0.29) is 45.6 Å². The van der Waals surface area contributed by atoms with Gasteiger partial charge in [-0.15, -0.1) is 0 Å². The van der Waals surface area contributed by atoms with Crippen LogP contribution in [0.5, 0.6) is 11.5 Å². The zero-order valence-corrected chi connectivity index (χ0v) is 27.9. The summed E-state index contributed by atoms with van der Waals surface area (Å²) >= 11 is 0.858. The Bertz CT molecular complexity index is 2250. The number of phenols is 1. The first kappa shape index (κ1) is 35.7. The number of aromatic hydroxyl groups is 1. The molecule has 14 nitrogen and oxygen atoms in total. The average Bonchev–Trinajstić information content (AvgIpc) is 2.96. The van der Waals surface area contributed by atoms with Crippen LogP contribution in [-0.2, 0) is 30.4 Å². The number of nitrogens with one attached hydrogen (secondary N) is 2. The third-order valence-corrected chi connectivity index (χ3v) is 10.0. The Morgan fingerprint density at radius 2 is 1.51 bits per heavy atom. The van der Waals surface area contributed by atoms with Crippen molar-refractivity contribution < 1.29 is 48.2 Å². The zero-order valence-electron chi connectivity index (χ0n) is 24.6. The minimum Gasteiger partial charge on any atom is -0.507 e. The number of aryl methyl sites for hydroxylation is 1. The van der Waals surface area contributed by atoms with Gasteiger partial charge >= 0.3 is 0 Å². The Balaban J connectivity index is 1.71. The lowest BCUT2D eigenvalue weighted by Gasteiger charge is -2.16. The van der Waals surface area contributed by atoms with Crippen molar-refractivity contribution in [3.05, 3.63) is 90.0 Å². The SMILES string of the molecule is C=C(N)c1c(O)cc(S(=O)(=O)O)cc1/C(C)=C\CNNc1ccc2c(OSc3ccc(C)cc3)cc(S(=O)(=O)O)cc2c1S(=O)(=O)O. The third-order valence-electron chi connectivity index (χ3n) is 6.69. The highest BCUT2D eigenvalue weighted by molar-refractivity contribution is 7.95. The molecule has 0 aliphatic heterocycles. The molecule has 0 atom stereocenters. The summed E-state index contributed by atoms with van der Waals surface area (Å²) in [4.78, 5) is -1.37. The predicted octanol–water partition coefficient (Wildman–Crippen LogP) is 4.63. The van der Waals surface area contributed by atoms with E-state index in [4.69, 9.17) is 9.92 Å². The largest absolute Gasteiger partial charge is 0.507 e. The monoisotopic (exact) mass is 723 g/mol. The molecular formula is C29H29N3O11S4. The number of benzene rings is 4. The summed E-state index contributed by atoms with van der Waals surface area (Å²) in [5.41, 5.74) is 12.3. The predicted molar refractivity (Wildman–Crippen MR) is 178 cm³/mol. The molecule has 4 aromatic carbocycles. The van der Waals surface area contributed by atoms with Crippen molar-refractivity contribution in [3.8, 4) is 11.5 Å². The van der Waals surface area contributed by atoms with Gasteiger partial charge in [0.15, 0.2) is 0 Å². The second kappa shape index (κ2) is 13.5. The van der Waals surface area contributed by atoms with Crippen LogP contribution in [0.1, 0.15) is 23.6 Å². The normalized spacial score (nSPS) is 12.7. The van der Waals surface area contributed by atoms with Crippen LogP contribution in [0.25, 0.3) is 22.0 Å². The second-order valence-electron chi connectivity index (χ2n) is 10.1. The molecule has 0 aliphatic carbocycles. The van der Waals surface area contributed by atoms with Crippen LogP contribution >= 0.6 is 12.0 Å². The van der Waals surface area contributed by atoms with Crippen molar-refractivity contribution in [1.29, 1.82) is 0 Å². The van der Waals surface area contributed by atoms with Crippen molar-refractivity contribution in [2.45, 2.75) is 33.4 Å². The van der Waals surface area contributed by atoms with Gasteiger partial charge in [-0.25, -0.2) is 5.43 Å². The quantitative estimate of drug-likeness (QED) is 0.0456. The molecule has 18 heteroatoms. The summed E-state index contributed by atoms with van der Waals surface area (Å²) in [5.74, 6) is -0.656. The van der Waals surface area contributed by atoms with E-state index in [9.17, 15) is 44.0 Å². The zero-order chi connectivity index (χ0) is 34.9. The molecule has 47 heavy (non-hydrogen) atoms. The first-order chi connectivity index (χ1) is 21.8. The number of rotatable bonds is 12. The standard InChI is InChI=1S/C29H29N3O11S4/c1-16-4-6-19(7-5-16)44-43-27-15-21(46(37,38)39)13-24-22(27)8-9-25(29(24)47(40,41)42)32-31-11-10-17(2)23-12-20(45(34,35)36)14-26(33)28(23)18(3)30/h4-10,12-15,31-33H,3,11,30H2,1-2H3,(H,34,35,36)(H,37,38,39)(H,40,41,42)/b17-10-. The van der Waals surface area contributed by atoms with Gasteiger partial charge in [-0.05, 0) is 61.4 Å². The molecule has 0 heterocycles. The fourth-order valence-corrected chi connectivity index (χ4v) is 6.95. The number of nitrogens with two attached hydrogens (primary N) is 1. The minimum atomic E-state index is -5.03. The molecular weight excluding hydrogens is 695 g/mol. The summed E-state index contributed by atoms with van der Waals surface area (Å²) < 4.78 is 108. The molecule has 4 rings (SSSR count). The first-order valence-corrected chi connectivity index (χ1v) is 18.3. The van der Waals surface area contributed by atoms with Crippen LogP contribution in [0.3, 0.4) is 0 Å². The Morgan fingerprint density at radius 3 is 2.09 bits per heavy atom. The topological polar surface area (TPSA) is 243 Å². The van der Waals surface area contributed by atoms with E-state index in [1.54, 1.807) is 19.1 Å². The maximum Gasteiger partial charge on any atom is 0.297 e. The van der Waals surface area contributed by atoms with Gasteiger partial charge in [-0.3, -0.25) is 13.7 Å². The number of fused-ring (bicyclic) bond motifs is 1. The summed E-state index contributed by atoms with van der Waals surface area (Å²) in [5, 5.41) is 10.2. The molecule has 4 aromatic rings. The summed E-state index contributed by atoms with van der Waals surface area (Å²) in [6, 6.07) is 13.7. The first-order valence-electron chi connectivity index (χ1n) is 13.2. The van der Waals surface area contributed by atoms with Crippen molar-refractivity contribution in [1.82, 2.24) is 5.43 Å². The van der Waals surface area contributed by atoms with Gasteiger partial charge in [0.05, 0.1) is 27.5 Å². The van der Waals surface area contributed by atoms with Crippen LogP contribution in [0.2, 0.25) is 0 Å².